The number of benzene rings is 1. The van der Waals surface area contributed by atoms with Gasteiger partial charge in [0.1, 0.15) is 11.3 Å². The van der Waals surface area contributed by atoms with Crippen LogP contribution in [-0.2, 0) is 6.54 Å². The number of carbonyl (C=O) groups is 1. The molecule has 0 radical (unpaired) electrons. The predicted octanol–water partition coefficient (Wildman–Crippen LogP) is 3.68. The monoisotopic (exact) mass is 325 g/mol. The number of rotatable bonds is 4. The first-order chi connectivity index (χ1) is 11.1. The number of aromatic nitrogens is 1. The molecule has 2 heterocycles. The van der Waals surface area contributed by atoms with Crippen molar-refractivity contribution in [2.75, 3.05) is 0 Å². The largest absolute Gasteiger partial charge is 0.506 e. The molecule has 4 nitrogen and oxygen atoms in total. The molecule has 1 aromatic carbocycles. The Balaban J connectivity index is 2.17. The Hall–Kier alpha value is -2.66. The fourth-order valence-electron chi connectivity index (χ4n) is 2.55. The summed E-state index contributed by atoms with van der Waals surface area (Å²) in [5.41, 5.74) is -0.0285. The van der Waals surface area contributed by atoms with Gasteiger partial charge in [0, 0.05) is 16.8 Å². The molecule has 0 fully saturated rings. The average Bonchev–Trinajstić information content (AvgIpc) is 3.07. The summed E-state index contributed by atoms with van der Waals surface area (Å²) in [6, 6.07) is 10.8. The van der Waals surface area contributed by atoms with Crippen molar-refractivity contribution in [3.8, 4) is 5.75 Å². The number of hydrogen-bond donors (Lipinski definition) is 1. The molecule has 116 valence electrons. The molecular weight excluding hydrogens is 310 g/mol. The number of carbonyl (C=O) groups excluding carboxylic acids is 1. The quantitative estimate of drug-likeness (QED) is 0.588. The number of nitrogens with zero attached hydrogens (tertiary/aromatic N) is 1. The second kappa shape index (κ2) is 6.22. The van der Waals surface area contributed by atoms with Crippen molar-refractivity contribution in [2.45, 2.75) is 13.5 Å². The lowest BCUT2D eigenvalue weighted by atomic mass is 10.1. The third-order valence-electron chi connectivity index (χ3n) is 3.65. The standard InChI is InChI=1S/C18H15NO3S/c1-2-19-14-8-4-3-7-13(14)17(21)16(18(19)22)15(20)10-9-12-6-5-11-23-12/h3-11,21H,2H2,1H3. The maximum Gasteiger partial charge on any atom is 0.266 e. The third-order valence-corrected chi connectivity index (χ3v) is 4.49. The summed E-state index contributed by atoms with van der Waals surface area (Å²) >= 11 is 1.49. The van der Waals surface area contributed by atoms with Crippen molar-refractivity contribution in [1.82, 2.24) is 4.57 Å². The van der Waals surface area contributed by atoms with Crippen LogP contribution in [0.4, 0.5) is 0 Å². The number of fused-ring (bicyclic) bond motifs is 1. The number of para-hydroxylation sites is 1. The third kappa shape index (κ3) is 2.71. The Morgan fingerprint density at radius 2 is 2.04 bits per heavy atom. The van der Waals surface area contributed by atoms with Gasteiger partial charge in [-0.05, 0) is 42.7 Å². The Morgan fingerprint density at radius 1 is 1.26 bits per heavy atom. The van der Waals surface area contributed by atoms with Crippen LogP contribution < -0.4 is 5.56 Å². The highest BCUT2D eigenvalue weighted by atomic mass is 32.1. The minimum Gasteiger partial charge on any atom is -0.506 e. The molecule has 0 spiro atoms. The second-order valence-corrected chi connectivity index (χ2v) is 5.98. The van der Waals surface area contributed by atoms with Crippen molar-refractivity contribution < 1.29 is 9.90 Å². The predicted molar refractivity (Wildman–Crippen MR) is 93.2 cm³/mol. The molecule has 0 saturated heterocycles. The van der Waals surface area contributed by atoms with Crippen LogP contribution in [0, 0.1) is 0 Å². The van der Waals surface area contributed by atoms with E-state index in [1.54, 1.807) is 30.3 Å². The molecule has 3 aromatic rings. The van der Waals surface area contributed by atoms with Gasteiger partial charge in [0.2, 0.25) is 0 Å². The second-order valence-electron chi connectivity index (χ2n) is 5.00. The van der Waals surface area contributed by atoms with Crippen molar-refractivity contribution in [2.24, 2.45) is 0 Å². The van der Waals surface area contributed by atoms with E-state index in [9.17, 15) is 14.7 Å². The summed E-state index contributed by atoms with van der Waals surface area (Å²) in [7, 11) is 0. The summed E-state index contributed by atoms with van der Waals surface area (Å²) in [6.45, 7) is 2.26. The maximum atomic E-state index is 12.6. The van der Waals surface area contributed by atoms with Gasteiger partial charge in [-0.2, -0.15) is 0 Å². The summed E-state index contributed by atoms with van der Waals surface area (Å²) in [6.07, 6.45) is 2.98. The lowest BCUT2D eigenvalue weighted by molar-refractivity contribution is 0.104. The van der Waals surface area contributed by atoms with Crippen molar-refractivity contribution in [3.63, 3.8) is 0 Å². The number of thiophene rings is 1. The van der Waals surface area contributed by atoms with E-state index < -0.39 is 11.3 Å². The lowest BCUT2D eigenvalue weighted by Crippen LogP contribution is -2.26. The van der Waals surface area contributed by atoms with Gasteiger partial charge in [-0.15, -0.1) is 11.3 Å². The van der Waals surface area contributed by atoms with Gasteiger partial charge < -0.3 is 9.67 Å². The van der Waals surface area contributed by atoms with Gasteiger partial charge >= 0.3 is 0 Å². The molecule has 23 heavy (non-hydrogen) atoms. The SMILES string of the molecule is CCn1c(=O)c(C(=O)C=Cc2cccs2)c(O)c2ccccc21. The minimum absolute atomic E-state index is 0.182. The summed E-state index contributed by atoms with van der Waals surface area (Å²) in [4.78, 5) is 25.9. The first kappa shape index (κ1) is 15.2. The number of aromatic hydroxyl groups is 1. The Morgan fingerprint density at radius 3 is 2.74 bits per heavy atom. The fourth-order valence-corrected chi connectivity index (χ4v) is 3.17. The molecule has 0 saturated carbocycles. The van der Waals surface area contributed by atoms with Gasteiger partial charge in [0.25, 0.3) is 5.56 Å². The first-order valence-electron chi connectivity index (χ1n) is 7.24. The Bertz CT molecular complexity index is 952. The molecule has 0 atom stereocenters. The zero-order valence-electron chi connectivity index (χ0n) is 12.5. The zero-order chi connectivity index (χ0) is 16.4. The fraction of sp³-hybridized carbons (Fsp3) is 0.111. The Labute approximate surface area is 136 Å². The zero-order valence-corrected chi connectivity index (χ0v) is 13.3. The molecule has 0 aliphatic carbocycles. The van der Waals surface area contributed by atoms with Gasteiger partial charge in [-0.25, -0.2) is 0 Å². The van der Waals surface area contributed by atoms with Crippen LogP contribution in [0.3, 0.4) is 0 Å². The van der Waals surface area contributed by atoms with E-state index in [2.05, 4.69) is 0 Å². The van der Waals surface area contributed by atoms with E-state index in [0.29, 0.717) is 17.4 Å². The minimum atomic E-state index is -0.492. The highest BCUT2D eigenvalue weighted by Crippen LogP contribution is 2.26. The van der Waals surface area contributed by atoms with Crippen molar-refractivity contribution in [3.05, 3.63) is 68.6 Å². The van der Waals surface area contributed by atoms with E-state index in [0.717, 1.165) is 4.88 Å². The van der Waals surface area contributed by atoms with Crippen LogP contribution in [0.15, 0.2) is 52.6 Å². The number of hydrogen-bond acceptors (Lipinski definition) is 4. The summed E-state index contributed by atoms with van der Waals surface area (Å²) < 4.78 is 1.50. The van der Waals surface area contributed by atoms with Gasteiger partial charge in [0.15, 0.2) is 5.78 Å². The number of pyridine rings is 1. The lowest BCUT2D eigenvalue weighted by Gasteiger charge is -2.12. The van der Waals surface area contributed by atoms with E-state index in [1.807, 2.05) is 24.4 Å². The highest BCUT2D eigenvalue weighted by Gasteiger charge is 2.19. The topological polar surface area (TPSA) is 59.3 Å². The first-order valence-corrected chi connectivity index (χ1v) is 8.12. The number of ketones is 1. The summed E-state index contributed by atoms with van der Waals surface area (Å²) in [5.74, 6) is -0.745. The van der Waals surface area contributed by atoms with E-state index in [1.165, 1.54) is 22.0 Å². The normalized spacial score (nSPS) is 11.3. The number of aryl methyl sites for hydroxylation is 1. The van der Waals surface area contributed by atoms with Crippen LogP contribution in [0.2, 0.25) is 0 Å². The molecule has 3 rings (SSSR count). The molecule has 2 aromatic heterocycles. The van der Waals surface area contributed by atoms with Gasteiger partial charge in [0.05, 0.1) is 5.52 Å². The van der Waals surface area contributed by atoms with Crippen LogP contribution in [0.25, 0.3) is 17.0 Å². The van der Waals surface area contributed by atoms with Crippen molar-refractivity contribution in [1.29, 1.82) is 0 Å². The van der Waals surface area contributed by atoms with Crippen molar-refractivity contribution >= 4 is 34.1 Å². The molecule has 5 heteroatoms. The molecule has 1 N–H and O–H groups in total. The van der Waals surface area contributed by atoms with Gasteiger partial charge in [-0.1, -0.05) is 18.2 Å². The molecule has 0 aliphatic rings. The van der Waals surface area contributed by atoms with Crippen LogP contribution in [0.1, 0.15) is 22.2 Å². The smallest absolute Gasteiger partial charge is 0.266 e. The summed E-state index contributed by atoms with van der Waals surface area (Å²) in [5, 5.41) is 12.8. The van der Waals surface area contributed by atoms with E-state index in [-0.39, 0.29) is 11.3 Å². The molecular formula is C18H15NO3S. The maximum absolute atomic E-state index is 12.6. The Kier molecular flexibility index (Phi) is 4.12. The van der Waals surface area contributed by atoms with Gasteiger partial charge in [-0.3, -0.25) is 9.59 Å². The van der Waals surface area contributed by atoms with E-state index >= 15 is 0 Å². The van der Waals surface area contributed by atoms with Crippen LogP contribution in [-0.4, -0.2) is 15.5 Å². The van der Waals surface area contributed by atoms with E-state index in [4.69, 9.17) is 0 Å². The average molecular weight is 325 g/mol. The molecule has 0 amide bonds. The number of allylic oxidation sites excluding steroid dienone is 1. The van der Waals surface area contributed by atoms with Crippen LogP contribution in [0.5, 0.6) is 5.75 Å². The molecule has 0 bridgehead atoms. The molecule has 0 aliphatic heterocycles. The highest BCUT2D eigenvalue weighted by molar-refractivity contribution is 7.10. The van der Waals surface area contributed by atoms with Crippen LogP contribution >= 0.6 is 11.3 Å². The molecule has 0 unspecified atom stereocenters.